The molecule has 0 atom stereocenters. The molecule has 2 aliphatic carbocycles. The summed E-state index contributed by atoms with van der Waals surface area (Å²) < 4.78 is 1.93. The summed E-state index contributed by atoms with van der Waals surface area (Å²) in [6, 6.07) is 6.57. The highest BCUT2D eigenvalue weighted by Crippen LogP contribution is 2.28. The molecule has 2 aromatic heterocycles. The van der Waals surface area contributed by atoms with E-state index in [4.69, 9.17) is 0 Å². The highest BCUT2D eigenvalue weighted by molar-refractivity contribution is 5.95. The lowest BCUT2D eigenvalue weighted by atomic mass is 10.1. The van der Waals surface area contributed by atoms with Gasteiger partial charge >= 0.3 is 0 Å². The maximum Gasteiger partial charge on any atom is 0.251 e. The average molecular weight is 348 g/mol. The first kappa shape index (κ1) is 15.3. The van der Waals surface area contributed by atoms with Gasteiger partial charge in [-0.1, -0.05) is 6.07 Å². The minimum Gasteiger partial charge on any atom is -0.365 e. The van der Waals surface area contributed by atoms with Crippen molar-refractivity contribution in [3.05, 3.63) is 42.0 Å². The van der Waals surface area contributed by atoms with Gasteiger partial charge in [0.15, 0.2) is 17.0 Å². The molecule has 0 radical (unpaired) electrons. The average Bonchev–Trinajstić information content (AvgIpc) is 3.56. The van der Waals surface area contributed by atoms with Crippen LogP contribution in [0, 0.1) is 6.92 Å². The van der Waals surface area contributed by atoms with Gasteiger partial charge in [-0.25, -0.2) is 15.0 Å². The number of amides is 1. The molecule has 7 nitrogen and oxygen atoms in total. The van der Waals surface area contributed by atoms with E-state index in [0.29, 0.717) is 17.6 Å². The van der Waals surface area contributed by atoms with E-state index in [0.717, 1.165) is 41.1 Å². The normalized spacial score (nSPS) is 16.7. The van der Waals surface area contributed by atoms with Crippen molar-refractivity contribution in [2.24, 2.45) is 0 Å². The van der Waals surface area contributed by atoms with Crippen LogP contribution in [0.3, 0.4) is 0 Å². The van der Waals surface area contributed by atoms with Gasteiger partial charge in [-0.2, -0.15) is 0 Å². The molecule has 26 heavy (non-hydrogen) atoms. The topological polar surface area (TPSA) is 84.7 Å². The van der Waals surface area contributed by atoms with Crippen molar-refractivity contribution in [1.82, 2.24) is 24.8 Å². The van der Waals surface area contributed by atoms with Crippen molar-refractivity contribution in [3.8, 4) is 5.69 Å². The summed E-state index contributed by atoms with van der Waals surface area (Å²) in [6.07, 6.45) is 7.80. The zero-order valence-corrected chi connectivity index (χ0v) is 14.6. The molecule has 1 aromatic carbocycles. The fourth-order valence-corrected chi connectivity index (χ4v) is 3.04. The Morgan fingerprint density at radius 2 is 1.92 bits per heavy atom. The van der Waals surface area contributed by atoms with Crippen LogP contribution in [0.5, 0.6) is 0 Å². The fourth-order valence-electron chi connectivity index (χ4n) is 3.04. The highest BCUT2D eigenvalue weighted by atomic mass is 16.1. The quantitative estimate of drug-likeness (QED) is 0.740. The Morgan fingerprint density at radius 1 is 1.12 bits per heavy atom. The number of nitrogens with one attached hydrogen (secondary N) is 2. The zero-order valence-electron chi connectivity index (χ0n) is 14.6. The summed E-state index contributed by atoms with van der Waals surface area (Å²) in [6.45, 7) is 2.02. The largest absolute Gasteiger partial charge is 0.365 e. The van der Waals surface area contributed by atoms with Gasteiger partial charge in [-0.3, -0.25) is 9.36 Å². The first-order valence-corrected chi connectivity index (χ1v) is 9.05. The Balaban J connectivity index is 1.55. The maximum atomic E-state index is 12.4. The van der Waals surface area contributed by atoms with Gasteiger partial charge in [0.05, 0.1) is 5.69 Å². The molecule has 0 unspecified atom stereocenters. The number of imidazole rings is 1. The van der Waals surface area contributed by atoms with Gasteiger partial charge in [-0.05, 0) is 50.3 Å². The number of rotatable bonds is 5. The van der Waals surface area contributed by atoms with Crippen LogP contribution in [0.2, 0.25) is 0 Å². The van der Waals surface area contributed by atoms with Crippen molar-refractivity contribution in [3.63, 3.8) is 0 Å². The smallest absolute Gasteiger partial charge is 0.251 e. The Labute approximate surface area is 150 Å². The molecular weight excluding hydrogens is 328 g/mol. The first-order valence-electron chi connectivity index (χ1n) is 9.05. The number of aryl methyl sites for hydroxylation is 1. The third-order valence-corrected chi connectivity index (χ3v) is 4.90. The number of hydrogen-bond acceptors (Lipinski definition) is 5. The molecule has 3 aromatic rings. The minimum absolute atomic E-state index is 0.0242. The van der Waals surface area contributed by atoms with Crippen molar-refractivity contribution < 1.29 is 4.79 Å². The molecule has 5 rings (SSSR count). The van der Waals surface area contributed by atoms with E-state index >= 15 is 0 Å². The lowest BCUT2D eigenvalue weighted by Crippen LogP contribution is -2.25. The summed E-state index contributed by atoms with van der Waals surface area (Å²) in [5, 5.41) is 6.44. The number of carbonyl (C=O) groups is 1. The molecule has 7 heteroatoms. The minimum atomic E-state index is -0.0242. The van der Waals surface area contributed by atoms with E-state index in [1.165, 1.54) is 12.8 Å². The van der Waals surface area contributed by atoms with E-state index in [-0.39, 0.29) is 5.91 Å². The Hall–Kier alpha value is -2.96. The van der Waals surface area contributed by atoms with Gasteiger partial charge in [0.2, 0.25) is 0 Å². The summed E-state index contributed by atoms with van der Waals surface area (Å²) >= 11 is 0. The molecule has 2 heterocycles. The van der Waals surface area contributed by atoms with Crippen LogP contribution in [0.15, 0.2) is 30.9 Å². The van der Waals surface area contributed by atoms with E-state index in [1.54, 1.807) is 12.7 Å². The summed E-state index contributed by atoms with van der Waals surface area (Å²) in [4.78, 5) is 25.7. The fraction of sp³-hybridized carbons (Fsp3) is 0.368. The Kier molecular flexibility index (Phi) is 3.41. The standard InChI is InChI=1S/C19H20N6O/c1-11-2-3-12(19(26)24-14-6-7-14)8-15(11)25-10-22-16-17(23-13-4-5-13)20-9-21-18(16)25/h2-3,8-10,13-14H,4-7H2,1H3,(H,24,26)(H,20,21,23). The monoisotopic (exact) mass is 348 g/mol. The number of aromatic nitrogens is 4. The second kappa shape index (κ2) is 5.79. The predicted molar refractivity (Wildman–Crippen MR) is 98.5 cm³/mol. The van der Waals surface area contributed by atoms with Crippen LogP contribution in [-0.2, 0) is 0 Å². The van der Waals surface area contributed by atoms with E-state index < -0.39 is 0 Å². The zero-order chi connectivity index (χ0) is 17.7. The number of nitrogens with zero attached hydrogens (tertiary/aromatic N) is 4. The molecule has 2 N–H and O–H groups in total. The number of anilines is 1. The van der Waals surface area contributed by atoms with Crippen LogP contribution in [0.25, 0.3) is 16.9 Å². The molecule has 132 valence electrons. The van der Waals surface area contributed by atoms with Crippen LogP contribution < -0.4 is 10.6 Å². The van der Waals surface area contributed by atoms with Gasteiger partial charge in [-0.15, -0.1) is 0 Å². The van der Waals surface area contributed by atoms with Gasteiger partial charge < -0.3 is 10.6 Å². The van der Waals surface area contributed by atoms with E-state index in [2.05, 4.69) is 25.6 Å². The molecule has 2 fully saturated rings. The molecule has 1 amide bonds. The van der Waals surface area contributed by atoms with Crippen LogP contribution >= 0.6 is 0 Å². The van der Waals surface area contributed by atoms with Crippen LogP contribution in [-0.4, -0.2) is 37.5 Å². The molecule has 0 aliphatic heterocycles. The second-order valence-electron chi connectivity index (χ2n) is 7.18. The van der Waals surface area contributed by atoms with Crippen LogP contribution in [0.4, 0.5) is 5.82 Å². The summed E-state index contributed by atoms with van der Waals surface area (Å²) in [5.74, 6) is 0.750. The van der Waals surface area contributed by atoms with Crippen molar-refractivity contribution in [2.45, 2.75) is 44.7 Å². The predicted octanol–water partition coefficient (Wildman–Crippen LogP) is 2.59. The van der Waals surface area contributed by atoms with Crippen molar-refractivity contribution in [1.29, 1.82) is 0 Å². The third-order valence-electron chi connectivity index (χ3n) is 4.90. The second-order valence-corrected chi connectivity index (χ2v) is 7.18. The number of carbonyl (C=O) groups excluding carboxylic acids is 1. The van der Waals surface area contributed by atoms with Gasteiger partial charge in [0.25, 0.3) is 5.91 Å². The van der Waals surface area contributed by atoms with Crippen molar-refractivity contribution in [2.75, 3.05) is 5.32 Å². The molecule has 0 spiro atoms. The summed E-state index contributed by atoms with van der Waals surface area (Å²) in [7, 11) is 0. The molecular formula is C19H20N6O. The van der Waals surface area contributed by atoms with Crippen LogP contribution in [0.1, 0.15) is 41.6 Å². The summed E-state index contributed by atoms with van der Waals surface area (Å²) in [5.41, 5.74) is 4.12. The number of fused-ring (bicyclic) bond motifs is 1. The lowest BCUT2D eigenvalue weighted by molar-refractivity contribution is 0.0951. The molecule has 2 aliphatic rings. The van der Waals surface area contributed by atoms with E-state index in [9.17, 15) is 4.79 Å². The maximum absolute atomic E-state index is 12.4. The van der Waals surface area contributed by atoms with Gasteiger partial charge in [0.1, 0.15) is 12.7 Å². The molecule has 0 saturated heterocycles. The van der Waals surface area contributed by atoms with Gasteiger partial charge in [0, 0.05) is 17.6 Å². The van der Waals surface area contributed by atoms with E-state index in [1.807, 2.05) is 29.7 Å². The molecule has 0 bridgehead atoms. The lowest BCUT2D eigenvalue weighted by Gasteiger charge is -2.11. The SMILES string of the molecule is Cc1ccc(C(=O)NC2CC2)cc1-n1cnc2c(NC3CC3)ncnc21. The third kappa shape index (κ3) is 2.79. The highest BCUT2D eigenvalue weighted by Gasteiger charge is 2.25. The Bertz CT molecular complexity index is 1000. The number of hydrogen-bond donors (Lipinski definition) is 2. The first-order chi connectivity index (χ1) is 12.7. The number of benzene rings is 1. The Morgan fingerprint density at radius 3 is 2.69 bits per heavy atom. The molecule has 2 saturated carbocycles. The van der Waals surface area contributed by atoms with Crippen molar-refractivity contribution >= 4 is 22.9 Å².